The van der Waals surface area contributed by atoms with Crippen molar-refractivity contribution in [2.75, 3.05) is 6.54 Å². The fourth-order valence-corrected chi connectivity index (χ4v) is 4.37. The van der Waals surface area contributed by atoms with Crippen LogP contribution in [0, 0.1) is 0 Å². The molecule has 3 rings (SSSR count). The van der Waals surface area contributed by atoms with Crippen molar-refractivity contribution in [2.24, 2.45) is 0 Å². The Labute approximate surface area is 208 Å². The second kappa shape index (κ2) is 9.82. The number of hydrogen-bond acceptors (Lipinski definition) is 3. The highest BCUT2D eigenvalue weighted by Crippen LogP contribution is 2.39. The lowest BCUT2D eigenvalue weighted by Crippen LogP contribution is -2.64. The molecule has 0 saturated carbocycles. The van der Waals surface area contributed by atoms with Gasteiger partial charge in [-0.25, -0.2) is 0 Å². The summed E-state index contributed by atoms with van der Waals surface area (Å²) in [6, 6.07) is 14.0. The zero-order valence-electron chi connectivity index (χ0n) is 19.2. The third-order valence-corrected chi connectivity index (χ3v) is 6.21. The highest BCUT2D eigenvalue weighted by Gasteiger charge is 2.58. The topological polar surface area (TPSA) is 66.5 Å². The summed E-state index contributed by atoms with van der Waals surface area (Å²) < 4.78 is 0.823. The molecule has 5 nitrogen and oxygen atoms in total. The second-order valence-corrected chi connectivity index (χ2v) is 10.6. The van der Waals surface area contributed by atoms with E-state index in [0.717, 1.165) is 10.0 Å². The summed E-state index contributed by atoms with van der Waals surface area (Å²) in [5.74, 6) is -1.16. The minimum Gasteiger partial charge on any atom is -0.349 e. The first-order chi connectivity index (χ1) is 15.5. The van der Waals surface area contributed by atoms with E-state index in [1.165, 1.54) is 4.90 Å². The highest BCUT2D eigenvalue weighted by atomic mass is 79.9. The number of carbonyl (C=O) groups excluding carboxylic acids is 3. The summed E-state index contributed by atoms with van der Waals surface area (Å²) in [5.41, 5.74) is -0.661. The van der Waals surface area contributed by atoms with Crippen molar-refractivity contribution in [3.05, 3.63) is 74.7 Å². The Kier molecular flexibility index (Phi) is 7.49. The van der Waals surface area contributed by atoms with Crippen molar-refractivity contribution in [3.8, 4) is 0 Å². The zero-order chi connectivity index (χ0) is 24.4. The van der Waals surface area contributed by atoms with Crippen LogP contribution < -0.4 is 5.32 Å². The van der Waals surface area contributed by atoms with Gasteiger partial charge in [-0.3, -0.25) is 14.4 Å². The minimum atomic E-state index is -1.66. The van der Waals surface area contributed by atoms with Crippen LogP contribution in [0.25, 0.3) is 6.08 Å². The molecule has 1 aliphatic rings. The van der Waals surface area contributed by atoms with Gasteiger partial charge in [0, 0.05) is 39.1 Å². The predicted octanol–water partition coefficient (Wildman–Crippen LogP) is 5.66. The van der Waals surface area contributed by atoms with Crippen LogP contribution in [0.2, 0.25) is 5.02 Å². The molecule has 1 unspecified atom stereocenters. The molecular formula is C26H28BrClN2O3. The molecule has 2 aromatic carbocycles. The number of nitrogens with one attached hydrogen (secondary N) is 1. The lowest BCUT2D eigenvalue weighted by molar-refractivity contribution is -0.139. The average Bonchev–Trinajstić information content (AvgIpc) is 3.02. The van der Waals surface area contributed by atoms with E-state index in [-0.39, 0.29) is 18.9 Å². The monoisotopic (exact) mass is 530 g/mol. The van der Waals surface area contributed by atoms with Crippen LogP contribution in [0.4, 0.5) is 0 Å². The van der Waals surface area contributed by atoms with Crippen molar-refractivity contribution in [1.82, 2.24) is 10.2 Å². The van der Waals surface area contributed by atoms with E-state index in [1.54, 1.807) is 54.6 Å². The van der Waals surface area contributed by atoms with E-state index >= 15 is 0 Å². The molecule has 174 valence electrons. The summed E-state index contributed by atoms with van der Waals surface area (Å²) in [7, 11) is 0. The molecular weight excluding hydrogens is 504 g/mol. The standard InChI is InChI=1S/C26H28BrClN2O3/c1-5-14-30-23(32)19(15-17-6-12-21(28)13-7-17)16-26(30,24(33)29-25(2,3)4)22(31)18-8-10-20(27)11-9-18/h6-13,15H,5,14,16H2,1-4H3,(H,29,33)/b19-15+. The summed E-state index contributed by atoms with van der Waals surface area (Å²) >= 11 is 9.38. The molecule has 1 saturated heterocycles. The number of likely N-dealkylation sites (tertiary alicyclic amines) is 1. The normalized spacial score (nSPS) is 19.8. The molecule has 2 aromatic rings. The van der Waals surface area contributed by atoms with Crippen molar-refractivity contribution in [3.63, 3.8) is 0 Å². The number of amides is 2. The lowest BCUT2D eigenvalue weighted by Gasteiger charge is -2.37. The van der Waals surface area contributed by atoms with Gasteiger partial charge in [-0.05, 0) is 63.1 Å². The predicted molar refractivity (Wildman–Crippen MR) is 135 cm³/mol. The van der Waals surface area contributed by atoms with Crippen LogP contribution in [-0.4, -0.2) is 40.1 Å². The smallest absolute Gasteiger partial charge is 0.254 e. The van der Waals surface area contributed by atoms with Gasteiger partial charge in [-0.2, -0.15) is 0 Å². The van der Waals surface area contributed by atoms with E-state index in [1.807, 2.05) is 27.7 Å². The van der Waals surface area contributed by atoms with Crippen molar-refractivity contribution in [2.45, 2.75) is 51.6 Å². The second-order valence-electron chi connectivity index (χ2n) is 9.26. The van der Waals surface area contributed by atoms with Gasteiger partial charge < -0.3 is 10.2 Å². The maximum absolute atomic E-state index is 14.0. The van der Waals surface area contributed by atoms with E-state index in [9.17, 15) is 14.4 Å². The van der Waals surface area contributed by atoms with Crippen LogP contribution in [-0.2, 0) is 9.59 Å². The third-order valence-electron chi connectivity index (χ3n) is 5.43. The molecule has 1 aliphatic heterocycles. The van der Waals surface area contributed by atoms with Crippen molar-refractivity contribution in [1.29, 1.82) is 0 Å². The molecule has 0 aromatic heterocycles. The molecule has 1 fully saturated rings. The van der Waals surface area contributed by atoms with Crippen LogP contribution >= 0.6 is 27.5 Å². The number of carbonyl (C=O) groups is 3. The third kappa shape index (κ3) is 5.39. The Bertz CT molecular complexity index is 1090. The summed E-state index contributed by atoms with van der Waals surface area (Å²) in [5, 5.41) is 3.55. The Balaban J connectivity index is 2.16. The van der Waals surface area contributed by atoms with Gasteiger partial charge in [0.05, 0.1) is 0 Å². The van der Waals surface area contributed by atoms with Crippen LogP contribution in [0.5, 0.6) is 0 Å². The average molecular weight is 532 g/mol. The van der Waals surface area contributed by atoms with E-state index in [4.69, 9.17) is 11.6 Å². The van der Waals surface area contributed by atoms with Crippen LogP contribution in [0.1, 0.15) is 56.5 Å². The van der Waals surface area contributed by atoms with Gasteiger partial charge in [-0.1, -0.05) is 58.7 Å². The van der Waals surface area contributed by atoms with Gasteiger partial charge in [0.15, 0.2) is 11.3 Å². The lowest BCUT2D eigenvalue weighted by atomic mass is 9.83. The van der Waals surface area contributed by atoms with Gasteiger partial charge in [0.25, 0.3) is 11.8 Å². The Hall–Kier alpha value is -2.44. The molecule has 2 amide bonds. The summed E-state index contributed by atoms with van der Waals surface area (Å²) in [6.07, 6.45) is 2.34. The fourth-order valence-electron chi connectivity index (χ4n) is 3.98. The Morgan fingerprint density at radius 2 is 1.73 bits per heavy atom. The van der Waals surface area contributed by atoms with Crippen molar-refractivity contribution >= 4 is 51.2 Å². The highest BCUT2D eigenvalue weighted by molar-refractivity contribution is 9.10. The number of benzene rings is 2. The van der Waals surface area contributed by atoms with E-state index < -0.39 is 22.8 Å². The molecule has 0 spiro atoms. The molecule has 0 aliphatic carbocycles. The summed E-state index contributed by atoms with van der Waals surface area (Å²) in [6.45, 7) is 7.78. The van der Waals surface area contributed by atoms with Gasteiger partial charge >= 0.3 is 0 Å². The van der Waals surface area contributed by atoms with E-state index in [2.05, 4.69) is 21.2 Å². The molecule has 33 heavy (non-hydrogen) atoms. The molecule has 1 heterocycles. The largest absolute Gasteiger partial charge is 0.349 e. The number of rotatable bonds is 6. The van der Waals surface area contributed by atoms with Crippen LogP contribution in [0.3, 0.4) is 0 Å². The molecule has 0 bridgehead atoms. The zero-order valence-corrected chi connectivity index (χ0v) is 21.6. The SMILES string of the molecule is CCCN1C(=O)/C(=C/c2ccc(Cl)cc2)CC1(C(=O)NC(C)(C)C)C(=O)c1ccc(Br)cc1. The molecule has 0 radical (unpaired) electrons. The van der Waals surface area contributed by atoms with E-state index in [0.29, 0.717) is 22.6 Å². The van der Waals surface area contributed by atoms with Gasteiger partial charge in [0.1, 0.15) is 0 Å². The van der Waals surface area contributed by atoms with Gasteiger partial charge in [-0.15, -0.1) is 0 Å². The Morgan fingerprint density at radius 3 is 2.27 bits per heavy atom. The van der Waals surface area contributed by atoms with Crippen molar-refractivity contribution < 1.29 is 14.4 Å². The molecule has 1 atom stereocenters. The first-order valence-corrected chi connectivity index (χ1v) is 12.1. The maximum atomic E-state index is 14.0. The summed E-state index contributed by atoms with van der Waals surface area (Å²) in [4.78, 5) is 42.7. The molecule has 7 heteroatoms. The minimum absolute atomic E-state index is 0.00866. The fraction of sp³-hybridized carbons (Fsp3) is 0.346. The first kappa shape index (κ1) is 25.2. The van der Waals surface area contributed by atoms with Gasteiger partial charge in [0.2, 0.25) is 0 Å². The quantitative estimate of drug-likeness (QED) is 0.297. The number of Topliss-reactive ketones (excluding diaryl/α,β-unsaturated/α-hetero) is 1. The van der Waals surface area contributed by atoms with Crippen LogP contribution in [0.15, 0.2) is 58.6 Å². The Morgan fingerprint density at radius 1 is 1.12 bits per heavy atom. The number of halogens is 2. The maximum Gasteiger partial charge on any atom is 0.254 e. The number of nitrogens with zero attached hydrogens (tertiary/aromatic N) is 1. The number of ketones is 1. The first-order valence-electron chi connectivity index (χ1n) is 10.9. The molecule has 1 N–H and O–H groups in total. The number of hydrogen-bond donors (Lipinski definition) is 1.